The molecule has 0 aliphatic heterocycles. The Bertz CT molecular complexity index is 916. The maximum atomic E-state index is 12.2. The van der Waals surface area contributed by atoms with Gasteiger partial charge in [0.15, 0.2) is 5.75 Å². The van der Waals surface area contributed by atoms with Crippen LogP contribution in [-0.4, -0.2) is 29.6 Å². The number of hydrogen-bond donors (Lipinski definition) is 2. The predicted octanol–water partition coefficient (Wildman–Crippen LogP) is 2.90. The number of nitrogens with two attached hydrogens (primary N) is 1. The van der Waals surface area contributed by atoms with Crippen molar-refractivity contribution in [2.45, 2.75) is 25.8 Å². The molecule has 3 aromatic rings. The first-order valence-electron chi connectivity index (χ1n) is 8.22. The zero-order valence-corrected chi connectivity index (χ0v) is 14.0. The highest BCUT2D eigenvalue weighted by molar-refractivity contribution is 6.09. The van der Waals surface area contributed by atoms with Crippen molar-refractivity contribution < 1.29 is 19.1 Å². The molecule has 1 aromatic heterocycles. The van der Waals surface area contributed by atoms with Crippen LogP contribution in [0.3, 0.4) is 0 Å². The minimum Gasteiger partial charge on any atom is -0.466 e. The summed E-state index contributed by atoms with van der Waals surface area (Å²) in [7, 11) is 0. The van der Waals surface area contributed by atoms with Crippen LogP contribution in [0.15, 0.2) is 42.5 Å². The van der Waals surface area contributed by atoms with E-state index in [2.05, 4.69) is 4.98 Å². The van der Waals surface area contributed by atoms with Crippen molar-refractivity contribution in [1.29, 1.82) is 0 Å². The molecule has 6 nitrogen and oxygen atoms in total. The number of H-pyrrole nitrogens is 1. The Morgan fingerprint density at radius 3 is 2.68 bits per heavy atom. The second-order valence-electron chi connectivity index (χ2n) is 5.72. The SMILES string of the molecule is CCOC(=O)CC[C@H](N)C(=O)Oc1cccc2c1[nH]c1ccccc12. The first-order chi connectivity index (χ1) is 12.1. The molecule has 3 rings (SSSR count). The lowest BCUT2D eigenvalue weighted by Gasteiger charge is -2.11. The lowest BCUT2D eigenvalue weighted by molar-refractivity contribution is -0.143. The van der Waals surface area contributed by atoms with Gasteiger partial charge in [-0.25, -0.2) is 4.79 Å². The van der Waals surface area contributed by atoms with Crippen LogP contribution in [0.1, 0.15) is 19.8 Å². The Hall–Kier alpha value is -2.86. The van der Waals surface area contributed by atoms with E-state index in [0.29, 0.717) is 12.4 Å². The number of benzene rings is 2. The first-order valence-corrected chi connectivity index (χ1v) is 8.22. The highest BCUT2D eigenvalue weighted by atomic mass is 16.5. The number of fused-ring (bicyclic) bond motifs is 3. The minimum absolute atomic E-state index is 0.0840. The van der Waals surface area contributed by atoms with Gasteiger partial charge in [0.1, 0.15) is 6.04 Å². The first kappa shape index (κ1) is 17.0. The fourth-order valence-corrected chi connectivity index (χ4v) is 2.74. The summed E-state index contributed by atoms with van der Waals surface area (Å²) in [4.78, 5) is 26.9. The largest absolute Gasteiger partial charge is 0.466 e. The van der Waals surface area contributed by atoms with Crippen LogP contribution in [0, 0.1) is 0 Å². The number of hydrogen-bond acceptors (Lipinski definition) is 5. The lowest BCUT2D eigenvalue weighted by Crippen LogP contribution is -2.34. The van der Waals surface area contributed by atoms with Gasteiger partial charge in [0.2, 0.25) is 0 Å². The quantitative estimate of drug-likeness (QED) is 0.531. The average Bonchev–Trinajstić information content (AvgIpc) is 3.00. The molecule has 0 saturated carbocycles. The summed E-state index contributed by atoms with van der Waals surface area (Å²) >= 11 is 0. The number of ether oxygens (including phenoxy) is 2. The van der Waals surface area contributed by atoms with Gasteiger partial charge in [0.05, 0.1) is 12.1 Å². The van der Waals surface area contributed by atoms with Crippen molar-refractivity contribution >= 4 is 33.7 Å². The molecule has 0 spiro atoms. The molecule has 0 amide bonds. The van der Waals surface area contributed by atoms with Crippen molar-refractivity contribution in [2.24, 2.45) is 5.73 Å². The fourth-order valence-electron chi connectivity index (χ4n) is 2.74. The second-order valence-corrected chi connectivity index (χ2v) is 5.72. The summed E-state index contributed by atoms with van der Waals surface area (Å²) in [6.45, 7) is 2.04. The van der Waals surface area contributed by atoms with Crippen LogP contribution in [-0.2, 0) is 14.3 Å². The van der Waals surface area contributed by atoms with Gasteiger partial charge in [-0.1, -0.05) is 30.3 Å². The maximum absolute atomic E-state index is 12.2. The van der Waals surface area contributed by atoms with E-state index < -0.39 is 12.0 Å². The summed E-state index contributed by atoms with van der Waals surface area (Å²) < 4.78 is 10.3. The summed E-state index contributed by atoms with van der Waals surface area (Å²) in [5.74, 6) is -0.524. The number of carbonyl (C=O) groups excluding carboxylic acids is 2. The molecule has 0 unspecified atom stereocenters. The average molecular weight is 340 g/mol. The van der Waals surface area contributed by atoms with Gasteiger partial charge in [-0.2, -0.15) is 0 Å². The Morgan fingerprint density at radius 1 is 1.12 bits per heavy atom. The normalized spacial score (nSPS) is 12.2. The van der Waals surface area contributed by atoms with E-state index in [1.807, 2.05) is 36.4 Å². The van der Waals surface area contributed by atoms with Crippen molar-refractivity contribution in [3.63, 3.8) is 0 Å². The van der Waals surface area contributed by atoms with Gasteiger partial charge in [0, 0.05) is 22.7 Å². The molecule has 0 saturated heterocycles. The van der Waals surface area contributed by atoms with E-state index in [1.165, 1.54) is 0 Å². The van der Waals surface area contributed by atoms with Crippen molar-refractivity contribution in [3.8, 4) is 5.75 Å². The number of aromatic amines is 1. The Labute approximate surface area is 144 Å². The zero-order valence-electron chi connectivity index (χ0n) is 14.0. The number of rotatable bonds is 6. The molecule has 0 bridgehead atoms. The van der Waals surface area contributed by atoms with Gasteiger partial charge in [-0.05, 0) is 25.5 Å². The molecule has 130 valence electrons. The van der Waals surface area contributed by atoms with E-state index in [1.54, 1.807) is 13.0 Å². The molecule has 6 heteroatoms. The number of esters is 2. The summed E-state index contributed by atoms with van der Waals surface area (Å²) in [5.41, 5.74) is 7.55. The van der Waals surface area contributed by atoms with Gasteiger partial charge < -0.3 is 20.2 Å². The number of para-hydroxylation sites is 2. The third kappa shape index (κ3) is 3.64. The second kappa shape index (κ2) is 7.36. The number of aromatic nitrogens is 1. The summed E-state index contributed by atoms with van der Waals surface area (Å²) in [5, 5.41) is 2.03. The zero-order chi connectivity index (χ0) is 17.8. The molecule has 1 heterocycles. The van der Waals surface area contributed by atoms with Crippen LogP contribution < -0.4 is 10.5 Å². The maximum Gasteiger partial charge on any atom is 0.328 e. The van der Waals surface area contributed by atoms with Gasteiger partial charge >= 0.3 is 11.9 Å². The van der Waals surface area contributed by atoms with Gasteiger partial charge in [-0.15, -0.1) is 0 Å². The molecule has 0 aliphatic rings. The van der Waals surface area contributed by atoms with E-state index >= 15 is 0 Å². The van der Waals surface area contributed by atoms with E-state index in [4.69, 9.17) is 15.2 Å². The topological polar surface area (TPSA) is 94.4 Å². The minimum atomic E-state index is -0.885. The van der Waals surface area contributed by atoms with E-state index in [9.17, 15) is 9.59 Å². The lowest BCUT2D eigenvalue weighted by atomic mass is 10.1. The molecular weight excluding hydrogens is 320 g/mol. The van der Waals surface area contributed by atoms with Crippen LogP contribution in [0.5, 0.6) is 5.75 Å². The summed E-state index contributed by atoms with van der Waals surface area (Å²) in [6.07, 6.45) is 0.265. The summed E-state index contributed by atoms with van der Waals surface area (Å²) in [6, 6.07) is 12.5. The highest BCUT2D eigenvalue weighted by Crippen LogP contribution is 2.31. The fraction of sp³-hybridized carbons (Fsp3) is 0.263. The van der Waals surface area contributed by atoms with Crippen LogP contribution >= 0.6 is 0 Å². The highest BCUT2D eigenvalue weighted by Gasteiger charge is 2.19. The van der Waals surface area contributed by atoms with Crippen LogP contribution in [0.2, 0.25) is 0 Å². The predicted molar refractivity (Wildman–Crippen MR) is 95.3 cm³/mol. The molecule has 0 radical (unpaired) electrons. The van der Waals surface area contributed by atoms with Crippen molar-refractivity contribution in [1.82, 2.24) is 4.98 Å². The molecule has 25 heavy (non-hydrogen) atoms. The standard InChI is InChI=1S/C19H20N2O4/c1-2-24-17(22)11-10-14(20)19(23)25-16-9-5-7-13-12-6-3-4-8-15(12)21-18(13)16/h3-9,14,21H,2,10-11,20H2,1H3/t14-/m0/s1. The van der Waals surface area contributed by atoms with Gasteiger partial charge in [-0.3, -0.25) is 4.79 Å². The van der Waals surface area contributed by atoms with Gasteiger partial charge in [0.25, 0.3) is 0 Å². The Kier molecular flexibility index (Phi) is 5.00. The van der Waals surface area contributed by atoms with Crippen molar-refractivity contribution in [3.05, 3.63) is 42.5 Å². The van der Waals surface area contributed by atoms with Crippen LogP contribution in [0.25, 0.3) is 21.8 Å². The molecule has 0 fully saturated rings. The Morgan fingerprint density at radius 2 is 1.88 bits per heavy atom. The van der Waals surface area contributed by atoms with E-state index in [0.717, 1.165) is 21.8 Å². The number of nitrogens with one attached hydrogen (secondary N) is 1. The van der Waals surface area contributed by atoms with Crippen molar-refractivity contribution in [2.75, 3.05) is 6.61 Å². The monoisotopic (exact) mass is 340 g/mol. The third-order valence-corrected chi connectivity index (χ3v) is 3.98. The van der Waals surface area contributed by atoms with E-state index in [-0.39, 0.29) is 18.8 Å². The molecule has 0 aliphatic carbocycles. The van der Waals surface area contributed by atoms with Crippen LogP contribution in [0.4, 0.5) is 0 Å². The molecule has 1 atom stereocenters. The molecule has 2 aromatic carbocycles. The third-order valence-electron chi connectivity index (χ3n) is 3.98. The molecular formula is C19H20N2O4. The molecule has 3 N–H and O–H groups in total. The Balaban J connectivity index is 1.76. The number of carbonyl (C=O) groups is 2. The smallest absolute Gasteiger partial charge is 0.328 e.